The van der Waals surface area contributed by atoms with Gasteiger partial charge in [-0.05, 0) is 139 Å². The highest BCUT2D eigenvalue weighted by Gasteiger charge is 2.78. The summed E-state index contributed by atoms with van der Waals surface area (Å²) in [5.41, 5.74) is -9.76. The van der Waals surface area contributed by atoms with Crippen LogP contribution in [-0.4, -0.2) is 138 Å². The molecule has 10 rings (SSSR count). The quantitative estimate of drug-likeness (QED) is 0.0377. The van der Waals surface area contributed by atoms with Gasteiger partial charge in [0.05, 0.1) is 83.8 Å². The third-order valence-electron chi connectivity index (χ3n) is 21.8. The Bertz CT molecular complexity index is 3600. The Morgan fingerprint density at radius 3 is 1.43 bits per heavy atom. The average Bonchev–Trinajstić information content (AvgIpc) is 1.39. The molecule has 21 nitrogen and oxygen atoms in total. The number of fused-ring (bicyclic) bond motifs is 10. The van der Waals surface area contributed by atoms with E-state index < -0.39 is 116 Å². The van der Waals surface area contributed by atoms with Crippen molar-refractivity contribution in [3.63, 3.8) is 0 Å². The second-order valence-electron chi connectivity index (χ2n) is 26.5. The molecule has 0 unspecified atom stereocenters. The molecule has 2 aromatic heterocycles. The van der Waals surface area contributed by atoms with E-state index in [4.69, 9.17) is 78.5 Å². The summed E-state index contributed by atoms with van der Waals surface area (Å²) in [7, 11) is -13.4. The Hall–Kier alpha value is -3.78. The van der Waals surface area contributed by atoms with Gasteiger partial charge in [0, 0.05) is 33.5 Å². The second kappa shape index (κ2) is 28.9. The molecule has 6 saturated carbocycles. The number of carbonyl (C=O) groups is 6. The summed E-state index contributed by atoms with van der Waals surface area (Å²) in [5, 5.41) is 11.8. The molecule has 0 aliphatic heterocycles. The standard InChI is InChI=1S/C32H41Cl2O9P.C27H30Cl2O6.C6H12F3O6PS/c1-6-41-44(38,42-7-2)19-40-27-16-30(5)25(24-9-8-22-15-23(35)10-12-29(22,4)31(24,27)34)14-20(3)32(30,26(36)17-33)43-28(37)21-11-13-39-18-21;1-15-10-20-19-5-4-17-11-18(30)6-8-24(17,2)26(19,29)21(31)12-25(20,3)27(15,22(32)13-28)35-23(33)16-7-9-34-14-16;1-3-13-16(10,14-4-2)5-15-17(11,12)6(7,8)9/h10-13,15,18,20,24-25,27H,6-9,14,16-17,19H2,1-5H3;6-9,11,14-15,19-21,31H,4-5,10,12-13H2,1-3H3;3-5H2,1-2H3/t20-,24+,25+,27+,29+,30+,31+,32+;15-,19+,20+,21+,24+,25+,26+,27+;/m11./s1. The number of Topliss-reactive ketones (excluding diaryl/α,β-unsaturated/α-hetero) is 2. The minimum Gasteiger partial charge on any atom is -0.472 e. The van der Waals surface area contributed by atoms with Crippen molar-refractivity contribution in [2.75, 3.05) is 50.9 Å². The zero-order valence-corrected chi connectivity index (χ0v) is 60.6. The first kappa shape index (κ1) is 77.9. The van der Waals surface area contributed by atoms with Crippen LogP contribution in [0.5, 0.6) is 0 Å². The van der Waals surface area contributed by atoms with Gasteiger partial charge in [-0.1, -0.05) is 64.8 Å². The van der Waals surface area contributed by atoms with Crippen molar-refractivity contribution in [3.8, 4) is 0 Å². The lowest BCUT2D eigenvalue weighted by Crippen LogP contribution is -2.70. The Balaban J connectivity index is 0.000000202. The average molecular weight is 1490 g/mol. The topological polar surface area (TPSA) is 291 Å². The SMILES string of the molecule is CCOP(=O)(COS(=O)(=O)C(F)(F)F)OCC.CCOP(=O)(CO[C@H]1C[C@@]2(C)[C@@H](C[C@@H](C)[C@]2(OC(=O)c2ccoc2)C(=O)CCl)[C@@H]2CCC3=CC(=O)C=C[C@]3(C)[C@@]12Cl)OCC.C[C@@H]1C[C@H]2[C@@H]3CCC4=CC(=O)C=C[C@]4(C)[C@@]3(Cl)[C@@H](O)C[C@]2(C)[C@@]1(OC(=O)c1ccoc1)C(=O)CCl. The van der Waals surface area contributed by atoms with E-state index in [1.807, 2.05) is 53.7 Å². The maximum absolute atomic E-state index is 14.0. The molecule has 0 radical (unpaired) electrons. The van der Waals surface area contributed by atoms with Crippen LogP contribution < -0.4 is 0 Å². The number of ketones is 4. The van der Waals surface area contributed by atoms with E-state index >= 15 is 0 Å². The highest BCUT2D eigenvalue weighted by molar-refractivity contribution is 7.87. The molecule has 2 aromatic rings. The molecule has 0 saturated heterocycles. The fourth-order valence-corrected chi connectivity index (χ4v) is 22.8. The largest absolute Gasteiger partial charge is 0.523 e. The van der Waals surface area contributed by atoms with E-state index in [2.05, 4.69) is 13.2 Å². The number of esters is 2. The summed E-state index contributed by atoms with van der Waals surface area (Å²) < 4.78 is 135. The zero-order chi connectivity index (χ0) is 71.3. The molecule has 534 valence electrons. The number of ether oxygens (including phenoxy) is 3. The number of carbonyl (C=O) groups excluding carboxylic acids is 6. The third-order valence-corrected chi connectivity index (χ3v) is 28.8. The highest BCUT2D eigenvalue weighted by Crippen LogP contribution is 2.75. The van der Waals surface area contributed by atoms with Crippen molar-refractivity contribution in [2.45, 2.75) is 159 Å². The molecule has 0 bridgehead atoms. The molecular formula is C65H83Cl4F3O21P2S. The van der Waals surface area contributed by atoms with Crippen LogP contribution in [0.2, 0.25) is 0 Å². The van der Waals surface area contributed by atoms with Crippen molar-refractivity contribution in [1.29, 1.82) is 0 Å². The van der Waals surface area contributed by atoms with Crippen molar-refractivity contribution in [3.05, 3.63) is 95.9 Å². The Labute approximate surface area is 576 Å². The van der Waals surface area contributed by atoms with Crippen LogP contribution in [0.25, 0.3) is 0 Å². The van der Waals surface area contributed by atoms with Gasteiger partial charge in [-0.25, -0.2) is 9.59 Å². The summed E-state index contributed by atoms with van der Waals surface area (Å²) in [5.74, 6) is -4.34. The van der Waals surface area contributed by atoms with Gasteiger partial charge in [0.15, 0.2) is 40.7 Å². The van der Waals surface area contributed by atoms with E-state index in [1.54, 1.807) is 26.0 Å². The smallest absolute Gasteiger partial charge is 0.472 e. The highest BCUT2D eigenvalue weighted by atomic mass is 35.5. The van der Waals surface area contributed by atoms with Gasteiger partial charge in [-0.15, -0.1) is 46.4 Å². The Kier molecular flexibility index (Phi) is 23.5. The lowest BCUT2D eigenvalue weighted by Gasteiger charge is -2.64. The molecule has 8 aliphatic rings. The predicted octanol–water partition coefficient (Wildman–Crippen LogP) is 14.1. The van der Waals surface area contributed by atoms with E-state index in [1.165, 1.54) is 63.2 Å². The molecule has 6 fully saturated rings. The van der Waals surface area contributed by atoms with Gasteiger partial charge < -0.3 is 46.2 Å². The molecule has 1 N–H and O–H groups in total. The first-order valence-corrected chi connectivity index (χ1v) is 38.5. The number of aliphatic hydroxyl groups excluding tert-OH is 1. The normalized spacial score (nSPS) is 36.0. The number of aliphatic hydroxyl groups is 1. The minimum atomic E-state index is -5.80. The minimum absolute atomic E-state index is 0.0706. The molecule has 16 atom stereocenters. The maximum Gasteiger partial charge on any atom is 0.523 e. The van der Waals surface area contributed by atoms with Gasteiger partial charge in [0.1, 0.15) is 18.9 Å². The van der Waals surface area contributed by atoms with Crippen LogP contribution in [0.15, 0.2) is 93.6 Å². The van der Waals surface area contributed by atoms with E-state index in [0.29, 0.717) is 38.5 Å². The molecule has 0 amide bonds. The summed E-state index contributed by atoms with van der Waals surface area (Å²) in [6.45, 7) is 18.1. The van der Waals surface area contributed by atoms with Crippen LogP contribution in [0, 0.1) is 57.2 Å². The summed E-state index contributed by atoms with van der Waals surface area (Å²) in [4.78, 5) is 76.6. The fraction of sp³-hybridized carbons (Fsp3) is 0.662. The van der Waals surface area contributed by atoms with Gasteiger partial charge in [0.2, 0.25) is 0 Å². The number of alkyl halides is 7. The summed E-state index contributed by atoms with van der Waals surface area (Å²) in [6.07, 6.45) is 16.0. The molecule has 0 spiro atoms. The summed E-state index contributed by atoms with van der Waals surface area (Å²) in [6, 6.07) is 2.98. The second-order valence-corrected chi connectivity index (χ2v) is 33.9. The molecule has 2 heterocycles. The molecule has 8 aliphatic carbocycles. The number of hydrogen-bond acceptors (Lipinski definition) is 21. The number of allylic oxidation sites excluding steroid dienone is 8. The monoisotopic (exact) mass is 1490 g/mol. The maximum atomic E-state index is 14.0. The lowest BCUT2D eigenvalue weighted by atomic mass is 9.45. The fourth-order valence-electron chi connectivity index (χ4n) is 17.7. The van der Waals surface area contributed by atoms with Gasteiger partial charge in [0.25, 0.3) is 0 Å². The van der Waals surface area contributed by atoms with Crippen molar-refractivity contribution < 1.29 is 110 Å². The van der Waals surface area contributed by atoms with Gasteiger partial charge in [-0.2, -0.15) is 21.6 Å². The molecule has 31 heteroatoms. The van der Waals surface area contributed by atoms with Crippen molar-refractivity contribution >= 4 is 107 Å². The Morgan fingerprint density at radius 1 is 0.646 bits per heavy atom. The number of furan rings is 2. The van der Waals surface area contributed by atoms with Crippen LogP contribution in [0.3, 0.4) is 0 Å². The molecule has 0 aromatic carbocycles. The van der Waals surface area contributed by atoms with Crippen LogP contribution >= 0.6 is 61.6 Å². The first-order chi connectivity index (χ1) is 44.8. The first-order valence-electron chi connectivity index (χ1n) is 31.8. The zero-order valence-electron chi connectivity index (χ0n) is 54.9. The third kappa shape index (κ3) is 13.1. The van der Waals surface area contributed by atoms with Crippen LogP contribution in [0.1, 0.15) is 141 Å². The number of hydrogen-bond donors (Lipinski definition) is 1. The molecular weight excluding hydrogens is 1410 g/mol. The van der Waals surface area contributed by atoms with Gasteiger partial charge in [-0.3, -0.25) is 32.5 Å². The van der Waals surface area contributed by atoms with Crippen molar-refractivity contribution in [1.82, 2.24) is 0 Å². The van der Waals surface area contributed by atoms with Crippen molar-refractivity contribution in [2.24, 2.45) is 57.2 Å². The molecule has 96 heavy (non-hydrogen) atoms. The van der Waals surface area contributed by atoms with E-state index in [-0.39, 0.29) is 115 Å². The van der Waals surface area contributed by atoms with E-state index in [0.717, 1.165) is 11.1 Å². The van der Waals surface area contributed by atoms with Crippen LogP contribution in [0.4, 0.5) is 13.2 Å². The van der Waals surface area contributed by atoms with Gasteiger partial charge >= 0.3 is 42.8 Å². The predicted molar refractivity (Wildman–Crippen MR) is 347 cm³/mol. The lowest BCUT2D eigenvalue weighted by molar-refractivity contribution is -0.181. The Morgan fingerprint density at radius 2 is 1.04 bits per heavy atom. The number of rotatable bonds is 22. The van der Waals surface area contributed by atoms with E-state index in [9.17, 15) is 64.6 Å². The van der Waals surface area contributed by atoms with Crippen LogP contribution in [-0.2, 0) is 74.9 Å². The number of halogens is 7. The summed E-state index contributed by atoms with van der Waals surface area (Å²) >= 11 is 27.8.